The van der Waals surface area contributed by atoms with Crippen molar-refractivity contribution in [2.75, 3.05) is 13.1 Å². The van der Waals surface area contributed by atoms with E-state index in [9.17, 15) is 8.78 Å². The number of rotatable bonds is 6. The highest BCUT2D eigenvalue weighted by Gasteiger charge is 2.13. The molecule has 0 bridgehead atoms. The smallest absolute Gasteiger partial charge is 0.169 e. The summed E-state index contributed by atoms with van der Waals surface area (Å²) in [5.41, 5.74) is 0.172. The fourth-order valence-corrected chi connectivity index (χ4v) is 2.49. The minimum absolute atomic E-state index is 0.172. The first-order chi connectivity index (χ1) is 9.22. The summed E-state index contributed by atoms with van der Waals surface area (Å²) in [6.45, 7) is 3.88. The first-order valence-electron chi connectivity index (χ1n) is 6.20. The number of nitrogens with zero attached hydrogens (tertiary/aromatic N) is 2. The topological polar surface area (TPSA) is 37.8 Å². The molecule has 102 valence electrons. The molecule has 1 heterocycles. The Labute approximate surface area is 114 Å². The summed E-state index contributed by atoms with van der Waals surface area (Å²) in [5.74, 6) is -1.73. The summed E-state index contributed by atoms with van der Waals surface area (Å²) in [5, 5.41) is 12.4. The molecule has 19 heavy (non-hydrogen) atoms. The van der Waals surface area contributed by atoms with Crippen LogP contribution < -0.4 is 5.32 Å². The van der Waals surface area contributed by atoms with Gasteiger partial charge in [-0.3, -0.25) is 0 Å². The maximum atomic E-state index is 13.6. The SMILES string of the molecule is CCCNCCc1nnc(-c2cccc(F)c2F)s1. The quantitative estimate of drug-likeness (QED) is 0.828. The molecule has 2 aromatic rings. The van der Waals surface area contributed by atoms with Crippen LogP contribution >= 0.6 is 11.3 Å². The highest BCUT2D eigenvalue weighted by molar-refractivity contribution is 7.14. The maximum Gasteiger partial charge on any atom is 0.169 e. The Bertz CT molecular complexity index is 542. The van der Waals surface area contributed by atoms with Gasteiger partial charge in [0.25, 0.3) is 0 Å². The Hall–Kier alpha value is -1.40. The van der Waals surface area contributed by atoms with Crippen LogP contribution in [0.15, 0.2) is 18.2 Å². The van der Waals surface area contributed by atoms with E-state index in [1.807, 2.05) is 0 Å². The average molecular weight is 283 g/mol. The molecule has 2 rings (SSSR count). The van der Waals surface area contributed by atoms with E-state index in [1.54, 1.807) is 0 Å². The van der Waals surface area contributed by atoms with Gasteiger partial charge < -0.3 is 5.32 Å². The third-order valence-corrected chi connectivity index (χ3v) is 3.61. The molecule has 0 aliphatic heterocycles. The van der Waals surface area contributed by atoms with E-state index in [1.165, 1.54) is 23.5 Å². The van der Waals surface area contributed by atoms with Crippen LogP contribution in [0.4, 0.5) is 8.78 Å². The molecule has 0 saturated carbocycles. The Morgan fingerprint density at radius 3 is 2.84 bits per heavy atom. The average Bonchev–Trinajstić information content (AvgIpc) is 2.87. The zero-order valence-corrected chi connectivity index (χ0v) is 11.4. The van der Waals surface area contributed by atoms with Gasteiger partial charge in [-0.05, 0) is 25.1 Å². The van der Waals surface area contributed by atoms with Gasteiger partial charge in [-0.25, -0.2) is 8.78 Å². The molecule has 3 nitrogen and oxygen atoms in total. The van der Waals surface area contributed by atoms with Crippen LogP contribution in [0.1, 0.15) is 18.4 Å². The molecule has 0 radical (unpaired) electrons. The van der Waals surface area contributed by atoms with Crippen LogP contribution in [0, 0.1) is 11.6 Å². The molecular formula is C13H15F2N3S. The normalized spacial score (nSPS) is 10.9. The second-order valence-electron chi connectivity index (χ2n) is 4.10. The fraction of sp³-hybridized carbons (Fsp3) is 0.385. The van der Waals surface area contributed by atoms with Gasteiger partial charge in [-0.2, -0.15) is 0 Å². The van der Waals surface area contributed by atoms with Gasteiger partial charge in [-0.1, -0.05) is 24.3 Å². The van der Waals surface area contributed by atoms with Crippen LogP contribution in [0.3, 0.4) is 0 Å². The van der Waals surface area contributed by atoms with E-state index in [0.717, 1.165) is 37.0 Å². The van der Waals surface area contributed by atoms with Gasteiger partial charge in [0.1, 0.15) is 5.01 Å². The van der Waals surface area contributed by atoms with Gasteiger partial charge in [0, 0.05) is 13.0 Å². The molecule has 1 aromatic heterocycles. The molecule has 1 N–H and O–H groups in total. The summed E-state index contributed by atoms with van der Waals surface area (Å²) >= 11 is 1.30. The van der Waals surface area contributed by atoms with Crippen molar-refractivity contribution in [2.24, 2.45) is 0 Å². The molecule has 0 spiro atoms. The van der Waals surface area contributed by atoms with Crippen molar-refractivity contribution < 1.29 is 8.78 Å². The number of benzene rings is 1. The molecule has 0 atom stereocenters. The molecule has 1 aromatic carbocycles. The number of nitrogens with one attached hydrogen (secondary N) is 1. The largest absolute Gasteiger partial charge is 0.316 e. The van der Waals surface area contributed by atoms with E-state index in [0.29, 0.717) is 5.01 Å². The van der Waals surface area contributed by atoms with Crippen molar-refractivity contribution in [1.29, 1.82) is 0 Å². The van der Waals surface area contributed by atoms with Crippen molar-refractivity contribution in [3.63, 3.8) is 0 Å². The van der Waals surface area contributed by atoms with Gasteiger partial charge in [0.2, 0.25) is 0 Å². The second-order valence-corrected chi connectivity index (χ2v) is 5.16. The van der Waals surface area contributed by atoms with Crippen LogP contribution in [0.2, 0.25) is 0 Å². The standard InChI is InChI=1S/C13H15F2N3S/c1-2-7-16-8-6-11-17-18-13(19-11)9-4-3-5-10(14)12(9)15/h3-5,16H,2,6-8H2,1H3. The lowest BCUT2D eigenvalue weighted by Gasteiger charge is -1.99. The molecule has 0 aliphatic rings. The summed E-state index contributed by atoms with van der Waals surface area (Å²) in [6, 6.07) is 4.07. The lowest BCUT2D eigenvalue weighted by atomic mass is 10.2. The zero-order valence-electron chi connectivity index (χ0n) is 10.6. The lowest BCUT2D eigenvalue weighted by molar-refractivity contribution is 0.511. The Morgan fingerprint density at radius 2 is 2.05 bits per heavy atom. The van der Waals surface area contributed by atoms with Gasteiger partial charge in [-0.15, -0.1) is 10.2 Å². The van der Waals surface area contributed by atoms with Crippen molar-refractivity contribution in [1.82, 2.24) is 15.5 Å². The molecule has 0 amide bonds. The van der Waals surface area contributed by atoms with Crippen molar-refractivity contribution in [3.05, 3.63) is 34.8 Å². The van der Waals surface area contributed by atoms with E-state index < -0.39 is 11.6 Å². The molecule has 0 aliphatic carbocycles. The summed E-state index contributed by atoms with van der Waals surface area (Å²) in [7, 11) is 0. The van der Waals surface area contributed by atoms with E-state index in [-0.39, 0.29) is 5.56 Å². The van der Waals surface area contributed by atoms with E-state index >= 15 is 0 Å². The molecule has 0 unspecified atom stereocenters. The summed E-state index contributed by atoms with van der Waals surface area (Å²) in [4.78, 5) is 0. The molecule has 6 heteroatoms. The summed E-state index contributed by atoms with van der Waals surface area (Å²) < 4.78 is 26.7. The monoisotopic (exact) mass is 283 g/mol. The van der Waals surface area contributed by atoms with Crippen LogP contribution in [0.25, 0.3) is 10.6 Å². The Morgan fingerprint density at radius 1 is 1.21 bits per heavy atom. The van der Waals surface area contributed by atoms with Crippen LogP contribution in [-0.4, -0.2) is 23.3 Å². The lowest BCUT2D eigenvalue weighted by Crippen LogP contribution is -2.17. The van der Waals surface area contributed by atoms with E-state index in [4.69, 9.17) is 0 Å². The first kappa shape index (κ1) is 14.0. The minimum atomic E-state index is -0.866. The van der Waals surface area contributed by atoms with Crippen molar-refractivity contribution in [3.8, 4) is 10.6 Å². The Kier molecular flexibility index (Phi) is 4.93. The van der Waals surface area contributed by atoms with Crippen LogP contribution in [0.5, 0.6) is 0 Å². The number of hydrogen-bond donors (Lipinski definition) is 1. The molecular weight excluding hydrogens is 268 g/mol. The van der Waals surface area contributed by atoms with Crippen LogP contribution in [-0.2, 0) is 6.42 Å². The van der Waals surface area contributed by atoms with Gasteiger partial charge in [0.15, 0.2) is 16.6 Å². The predicted molar refractivity (Wildman–Crippen MR) is 72.1 cm³/mol. The van der Waals surface area contributed by atoms with Crippen molar-refractivity contribution >= 4 is 11.3 Å². The van der Waals surface area contributed by atoms with Gasteiger partial charge in [0.05, 0.1) is 5.56 Å². The highest BCUT2D eigenvalue weighted by atomic mass is 32.1. The second kappa shape index (κ2) is 6.68. The fourth-order valence-electron chi connectivity index (χ4n) is 1.63. The zero-order chi connectivity index (χ0) is 13.7. The number of hydrogen-bond acceptors (Lipinski definition) is 4. The molecule has 0 fully saturated rings. The first-order valence-corrected chi connectivity index (χ1v) is 7.01. The number of halogens is 2. The highest BCUT2D eigenvalue weighted by Crippen LogP contribution is 2.27. The molecule has 0 saturated heterocycles. The minimum Gasteiger partial charge on any atom is -0.316 e. The third-order valence-electron chi connectivity index (χ3n) is 2.59. The summed E-state index contributed by atoms with van der Waals surface area (Å²) in [6.07, 6.45) is 1.82. The maximum absolute atomic E-state index is 13.6. The number of aromatic nitrogens is 2. The third kappa shape index (κ3) is 3.54. The van der Waals surface area contributed by atoms with E-state index in [2.05, 4.69) is 22.4 Å². The Balaban J connectivity index is 2.06. The van der Waals surface area contributed by atoms with Crippen molar-refractivity contribution in [2.45, 2.75) is 19.8 Å². The predicted octanol–water partition coefficient (Wildman–Crippen LogP) is 3.03. The van der Waals surface area contributed by atoms with Gasteiger partial charge >= 0.3 is 0 Å².